The lowest BCUT2D eigenvalue weighted by Crippen LogP contribution is -1.86. The van der Waals surface area contributed by atoms with Gasteiger partial charge in [-0.2, -0.15) is 0 Å². The molecule has 0 aliphatic rings. The normalized spacial score (nSPS) is 9.95. The lowest BCUT2D eigenvalue weighted by molar-refractivity contribution is 0.350. The maximum atomic E-state index is 13.5. The molecule has 2 aromatic carbocycles. The molecule has 0 saturated carbocycles. The smallest absolute Gasteiger partial charge is 0.139 e. The van der Waals surface area contributed by atoms with E-state index in [-0.39, 0.29) is 6.61 Å². The number of aliphatic hydroxyl groups is 1. The van der Waals surface area contributed by atoms with Crippen LogP contribution in [-0.4, -0.2) is 11.7 Å². The highest BCUT2D eigenvalue weighted by molar-refractivity contribution is 7.98. The Morgan fingerprint density at radius 1 is 1.05 bits per heavy atom. The number of aliphatic hydroxyl groups excluding tert-OH is 1. The largest absolute Gasteiger partial charge is 0.384 e. The van der Waals surface area contributed by atoms with E-state index in [9.17, 15) is 8.78 Å². The summed E-state index contributed by atoms with van der Waals surface area (Å²) in [7, 11) is 0. The summed E-state index contributed by atoms with van der Waals surface area (Å²) in [6.07, 6.45) is 0. The van der Waals surface area contributed by atoms with Crippen molar-refractivity contribution < 1.29 is 13.9 Å². The Labute approximate surface area is 120 Å². The summed E-state index contributed by atoms with van der Waals surface area (Å²) in [5, 5.41) is 8.60. The van der Waals surface area contributed by atoms with Gasteiger partial charge >= 0.3 is 0 Å². The zero-order valence-electron chi connectivity index (χ0n) is 10.6. The van der Waals surface area contributed by atoms with E-state index in [1.807, 2.05) is 24.3 Å². The maximum absolute atomic E-state index is 13.5. The Morgan fingerprint density at radius 3 is 2.45 bits per heavy atom. The van der Waals surface area contributed by atoms with Crippen molar-refractivity contribution in [2.45, 2.75) is 10.6 Å². The summed E-state index contributed by atoms with van der Waals surface area (Å²) in [6, 6.07) is 11.1. The molecule has 0 fully saturated rings. The quantitative estimate of drug-likeness (QED) is 0.688. The molecular formula is C16H12F2OS. The van der Waals surface area contributed by atoms with Crippen molar-refractivity contribution in [2.75, 3.05) is 6.61 Å². The summed E-state index contributed by atoms with van der Waals surface area (Å²) in [6.45, 7) is -0.165. The topological polar surface area (TPSA) is 20.2 Å². The fourth-order valence-electron chi connectivity index (χ4n) is 1.58. The molecule has 1 N–H and O–H groups in total. The average molecular weight is 290 g/mol. The predicted molar refractivity (Wildman–Crippen MR) is 76.3 cm³/mol. The first kappa shape index (κ1) is 14.6. The van der Waals surface area contributed by atoms with Gasteiger partial charge in [0.1, 0.15) is 18.2 Å². The van der Waals surface area contributed by atoms with Gasteiger partial charge in [0, 0.05) is 22.3 Å². The fourth-order valence-corrected chi connectivity index (χ4v) is 2.45. The standard InChI is InChI=1S/C16H12F2OS/c17-14-7-8-16(15(18)10-14)20-11-13-5-3-12(4-6-13)2-1-9-19/h3-8,10,19H,9,11H2. The van der Waals surface area contributed by atoms with Gasteiger partial charge in [-0.3, -0.25) is 0 Å². The van der Waals surface area contributed by atoms with Crippen LogP contribution >= 0.6 is 11.8 Å². The summed E-state index contributed by atoms with van der Waals surface area (Å²) in [5.74, 6) is 4.85. The van der Waals surface area contributed by atoms with Crippen molar-refractivity contribution in [1.82, 2.24) is 0 Å². The number of rotatable bonds is 3. The van der Waals surface area contributed by atoms with Crippen LogP contribution in [0.5, 0.6) is 0 Å². The van der Waals surface area contributed by atoms with Crippen molar-refractivity contribution in [3.8, 4) is 11.8 Å². The van der Waals surface area contributed by atoms with Crippen LogP contribution in [0, 0.1) is 23.5 Å². The zero-order chi connectivity index (χ0) is 14.4. The molecule has 4 heteroatoms. The Balaban J connectivity index is 2.00. The highest BCUT2D eigenvalue weighted by Gasteiger charge is 2.04. The number of halogens is 2. The molecule has 0 amide bonds. The van der Waals surface area contributed by atoms with Crippen molar-refractivity contribution >= 4 is 11.8 Å². The molecule has 0 atom stereocenters. The molecule has 0 aliphatic heterocycles. The minimum atomic E-state index is -0.571. The molecule has 0 aromatic heterocycles. The van der Waals surface area contributed by atoms with Gasteiger partial charge in [-0.1, -0.05) is 24.0 Å². The Kier molecular flexibility index (Phi) is 5.16. The molecule has 102 valence electrons. The molecule has 0 saturated heterocycles. The third-order valence-electron chi connectivity index (χ3n) is 2.55. The number of benzene rings is 2. The third-order valence-corrected chi connectivity index (χ3v) is 3.67. The number of thioether (sulfide) groups is 1. The predicted octanol–water partition coefficient (Wildman–Crippen LogP) is 3.60. The highest BCUT2D eigenvalue weighted by atomic mass is 32.2. The van der Waals surface area contributed by atoms with Gasteiger partial charge in [-0.25, -0.2) is 8.78 Å². The summed E-state index contributed by atoms with van der Waals surface area (Å²) in [4.78, 5) is 0.426. The van der Waals surface area contributed by atoms with Crippen molar-refractivity contribution in [3.63, 3.8) is 0 Å². The van der Waals surface area contributed by atoms with Crippen LogP contribution in [0.1, 0.15) is 11.1 Å². The number of hydrogen-bond acceptors (Lipinski definition) is 2. The van der Waals surface area contributed by atoms with E-state index in [0.29, 0.717) is 10.6 Å². The van der Waals surface area contributed by atoms with E-state index in [2.05, 4.69) is 11.8 Å². The number of hydrogen-bond donors (Lipinski definition) is 1. The van der Waals surface area contributed by atoms with Crippen molar-refractivity contribution in [3.05, 3.63) is 65.2 Å². The molecule has 2 rings (SSSR count). The van der Waals surface area contributed by atoms with Crippen molar-refractivity contribution in [1.29, 1.82) is 0 Å². The Hall–Kier alpha value is -1.83. The molecule has 20 heavy (non-hydrogen) atoms. The first-order valence-corrected chi connectivity index (χ1v) is 6.94. The fraction of sp³-hybridized carbons (Fsp3) is 0.125. The lowest BCUT2D eigenvalue weighted by atomic mass is 10.1. The minimum Gasteiger partial charge on any atom is -0.384 e. The van der Waals surface area contributed by atoms with Gasteiger partial charge < -0.3 is 5.11 Å². The van der Waals surface area contributed by atoms with Gasteiger partial charge in [-0.15, -0.1) is 11.8 Å². The second-order valence-corrected chi connectivity index (χ2v) is 5.04. The summed E-state index contributed by atoms with van der Waals surface area (Å²) < 4.78 is 26.2. The minimum absolute atomic E-state index is 0.165. The van der Waals surface area contributed by atoms with Crippen LogP contribution in [0.15, 0.2) is 47.4 Å². The molecular weight excluding hydrogens is 278 g/mol. The third kappa shape index (κ3) is 4.09. The van der Waals surface area contributed by atoms with E-state index >= 15 is 0 Å². The van der Waals surface area contributed by atoms with Crippen LogP contribution in [-0.2, 0) is 5.75 Å². The monoisotopic (exact) mass is 290 g/mol. The van der Waals surface area contributed by atoms with E-state index in [1.54, 1.807) is 0 Å². The first-order chi connectivity index (χ1) is 9.69. The average Bonchev–Trinajstić information content (AvgIpc) is 2.45. The van der Waals surface area contributed by atoms with Gasteiger partial charge in [0.15, 0.2) is 0 Å². The molecule has 1 nitrogen and oxygen atoms in total. The Bertz CT molecular complexity index is 642. The SMILES string of the molecule is OCC#Cc1ccc(CSc2ccc(F)cc2F)cc1. The molecule has 2 aromatic rings. The molecule has 0 radical (unpaired) electrons. The van der Waals surface area contributed by atoms with Gasteiger partial charge in [0.25, 0.3) is 0 Å². The van der Waals surface area contributed by atoms with Gasteiger partial charge in [0.2, 0.25) is 0 Å². The van der Waals surface area contributed by atoms with E-state index in [4.69, 9.17) is 5.11 Å². The molecule has 0 aliphatic carbocycles. The van der Waals surface area contributed by atoms with Crippen LogP contribution < -0.4 is 0 Å². The van der Waals surface area contributed by atoms with Crippen LogP contribution in [0.25, 0.3) is 0 Å². The highest BCUT2D eigenvalue weighted by Crippen LogP contribution is 2.26. The van der Waals surface area contributed by atoms with E-state index in [0.717, 1.165) is 17.2 Å². The maximum Gasteiger partial charge on any atom is 0.139 e. The van der Waals surface area contributed by atoms with Crippen LogP contribution in [0.2, 0.25) is 0 Å². The van der Waals surface area contributed by atoms with Crippen molar-refractivity contribution in [2.24, 2.45) is 0 Å². The first-order valence-electron chi connectivity index (χ1n) is 5.95. The molecule has 0 spiro atoms. The molecule has 0 heterocycles. The molecule has 0 unspecified atom stereocenters. The van der Waals surface area contributed by atoms with Gasteiger partial charge in [0.05, 0.1) is 0 Å². The zero-order valence-corrected chi connectivity index (χ0v) is 11.4. The lowest BCUT2D eigenvalue weighted by Gasteiger charge is -2.04. The van der Waals surface area contributed by atoms with Crippen LogP contribution in [0.4, 0.5) is 8.78 Å². The van der Waals surface area contributed by atoms with Crippen LogP contribution in [0.3, 0.4) is 0 Å². The molecule has 0 bridgehead atoms. The summed E-state index contributed by atoms with van der Waals surface area (Å²) in [5.41, 5.74) is 1.84. The Morgan fingerprint density at radius 2 is 1.80 bits per heavy atom. The summed E-state index contributed by atoms with van der Waals surface area (Å²) >= 11 is 1.31. The second kappa shape index (κ2) is 7.09. The second-order valence-electron chi connectivity index (χ2n) is 4.02. The van der Waals surface area contributed by atoms with E-state index in [1.165, 1.54) is 23.9 Å². The van der Waals surface area contributed by atoms with E-state index < -0.39 is 11.6 Å². The van der Waals surface area contributed by atoms with Gasteiger partial charge in [-0.05, 0) is 29.8 Å².